The highest BCUT2D eigenvalue weighted by molar-refractivity contribution is 4.58. The van der Waals surface area contributed by atoms with Crippen LogP contribution in [0, 0.1) is 0 Å². The van der Waals surface area contributed by atoms with E-state index in [9.17, 15) is 0 Å². The van der Waals surface area contributed by atoms with Gasteiger partial charge in [-0.3, -0.25) is 0 Å². The zero-order valence-corrected chi connectivity index (χ0v) is 6.76. The molecule has 0 bridgehead atoms. The first kappa shape index (κ1) is 9.88. The first-order chi connectivity index (χ1) is 4.81. The van der Waals surface area contributed by atoms with E-state index in [1.807, 2.05) is 0 Å². The lowest BCUT2D eigenvalue weighted by molar-refractivity contribution is 0.183. The monoisotopic (exact) mass is 147 g/mol. The van der Waals surface area contributed by atoms with E-state index in [-0.39, 0.29) is 6.61 Å². The highest BCUT2D eigenvalue weighted by Gasteiger charge is 1.97. The van der Waals surface area contributed by atoms with Crippen molar-refractivity contribution in [1.82, 2.24) is 5.32 Å². The van der Waals surface area contributed by atoms with E-state index in [0.717, 1.165) is 13.0 Å². The van der Waals surface area contributed by atoms with Gasteiger partial charge in [0.05, 0.1) is 6.61 Å². The van der Waals surface area contributed by atoms with Gasteiger partial charge in [0.25, 0.3) is 0 Å². The molecule has 0 spiro atoms. The summed E-state index contributed by atoms with van der Waals surface area (Å²) in [7, 11) is 1.69. The minimum absolute atomic E-state index is 0.206. The summed E-state index contributed by atoms with van der Waals surface area (Å²) in [4.78, 5) is 0. The van der Waals surface area contributed by atoms with Crippen molar-refractivity contribution >= 4 is 0 Å². The molecule has 0 aliphatic heterocycles. The van der Waals surface area contributed by atoms with Crippen molar-refractivity contribution in [1.29, 1.82) is 0 Å². The standard InChI is InChI=1S/C7H17NO2/c1-7(3-6-10-2)8-4-5-9/h7-9H,3-6H2,1-2H3. The van der Waals surface area contributed by atoms with Crippen molar-refractivity contribution in [2.45, 2.75) is 19.4 Å². The average molecular weight is 147 g/mol. The summed E-state index contributed by atoms with van der Waals surface area (Å²) < 4.78 is 4.89. The molecular formula is C7H17NO2. The Kier molecular flexibility index (Phi) is 6.91. The second-order valence-electron chi connectivity index (χ2n) is 2.36. The van der Waals surface area contributed by atoms with E-state index in [1.54, 1.807) is 7.11 Å². The van der Waals surface area contributed by atoms with Gasteiger partial charge in [0.2, 0.25) is 0 Å². The molecule has 0 amide bonds. The second-order valence-corrected chi connectivity index (χ2v) is 2.36. The summed E-state index contributed by atoms with van der Waals surface area (Å²) in [5.41, 5.74) is 0. The van der Waals surface area contributed by atoms with Gasteiger partial charge in [0, 0.05) is 26.3 Å². The Morgan fingerprint density at radius 2 is 2.30 bits per heavy atom. The van der Waals surface area contributed by atoms with Crippen molar-refractivity contribution in [3.8, 4) is 0 Å². The fraction of sp³-hybridized carbons (Fsp3) is 1.00. The molecule has 0 radical (unpaired) electrons. The lowest BCUT2D eigenvalue weighted by atomic mass is 10.2. The smallest absolute Gasteiger partial charge is 0.0556 e. The number of aliphatic hydroxyl groups excluding tert-OH is 1. The SMILES string of the molecule is COCCC(C)NCCO. The topological polar surface area (TPSA) is 41.5 Å². The highest BCUT2D eigenvalue weighted by atomic mass is 16.5. The maximum absolute atomic E-state index is 8.45. The first-order valence-electron chi connectivity index (χ1n) is 3.64. The number of methoxy groups -OCH3 is 1. The van der Waals surface area contributed by atoms with Crippen LogP contribution in [0.25, 0.3) is 0 Å². The minimum atomic E-state index is 0.206. The lowest BCUT2D eigenvalue weighted by Crippen LogP contribution is -2.29. The van der Waals surface area contributed by atoms with E-state index in [4.69, 9.17) is 9.84 Å². The van der Waals surface area contributed by atoms with Crippen LogP contribution in [0.3, 0.4) is 0 Å². The predicted octanol–water partition coefficient (Wildman–Crippen LogP) is -0.00670. The quantitative estimate of drug-likeness (QED) is 0.555. The molecule has 62 valence electrons. The van der Waals surface area contributed by atoms with Crippen molar-refractivity contribution in [3.63, 3.8) is 0 Å². The van der Waals surface area contributed by atoms with Crippen LogP contribution in [-0.2, 0) is 4.74 Å². The summed E-state index contributed by atoms with van der Waals surface area (Å²) in [6.07, 6.45) is 0.997. The summed E-state index contributed by atoms with van der Waals surface area (Å²) >= 11 is 0. The van der Waals surface area contributed by atoms with Crippen molar-refractivity contribution in [3.05, 3.63) is 0 Å². The molecule has 3 nitrogen and oxygen atoms in total. The molecule has 1 atom stereocenters. The molecule has 1 unspecified atom stereocenters. The van der Waals surface area contributed by atoms with Crippen LogP contribution in [0.1, 0.15) is 13.3 Å². The molecular weight excluding hydrogens is 130 g/mol. The molecule has 0 aromatic rings. The summed E-state index contributed by atoms with van der Waals surface area (Å²) in [5, 5.41) is 11.6. The molecule has 0 rings (SSSR count). The Bertz CT molecular complexity index is 60.6. The Labute approximate surface area is 62.4 Å². The first-order valence-corrected chi connectivity index (χ1v) is 3.64. The number of hydrogen-bond donors (Lipinski definition) is 2. The normalized spacial score (nSPS) is 13.5. The lowest BCUT2D eigenvalue weighted by Gasteiger charge is -2.11. The number of aliphatic hydroxyl groups is 1. The molecule has 0 fully saturated rings. The van der Waals surface area contributed by atoms with Gasteiger partial charge in [-0.15, -0.1) is 0 Å². The Balaban J connectivity index is 3.00. The van der Waals surface area contributed by atoms with Gasteiger partial charge in [-0.2, -0.15) is 0 Å². The Morgan fingerprint density at radius 3 is 2.80 bits per heavy atom. The Morgan fingerprint density at radius 1 is 1.60 bits per heavy atom. The maximum atomic E-state index is 8.45. The third-order valence-corrected chi connectivity index (χ3v) is 1.36. The predicted molar refractivity (Wildman–Crippen MR) is 41.0 cm³/mol. The molecule has 0 heterocycles. The number of hydrogen-bond acceptors (Lipinski definition) is 3. The summed E-state index contributed by atoms with van der Waals surface area (Å²) in [6, 6.07) is 0.437. The second kappa shape index (κ2) is 6.99. The molecule has 2 N–H and O–H groups in total. The van der Waals surface area contributed by atoms with Crippen LogP contribution < -0.4 is 5.32 Å². The zero-order valence-electron chi connectivity index (χ0n) is 6.76. The number of ether oxygens (including phenoxy) is 1. The van der Waals surface area contributed by atoms with Crippen molar-refractivity contribution < 1.29 is 9.84 Å². The summed E-state index contributed by atoms with van der Waals surface area (Å²) in [6.45, 7) is 3.73. The Hall–Kier alpha value is -0.120. The number of nitrogens with one attached hydrogen (secondary N) is 1. The minimum Gasteiger partial charge on any atom is -0.395 e. The van der Waals surface area contributed by atoms with Crippen molar-refractivity contribution in [2.24, 2.45) is 0 Å². The molecule has 0 aliphatic rings. The molecule has 0 saturated carbocycles. The van der Waals surface area contributed by atoms with Crippen LogP contribution in [-0.4, -0.2) is 38.0 Å². The van der Waals surface area contributed by atoms with Crippen LogP contribution in [0.2, 0.25) is 0 Å². The van der Waals surface area contributed by atoms with Gasteiger partial charge in [-0.05, 0) is 13.3 Å². The molecule has 0 aromatic heterocycles. The molecule has 0 saturated heterocycles. The van der Waals surface area contributed by atoms with Crippen LogP contribution >= 0.6 is 0 Å². The van der Waals surface area contributed by atoms with E-state index >= 15 is 0 Å². The van der Waals surface area contributed by atoms with E-state index < -0.39 is 0 Å². The molecule has 0 aliphatic carbocycles. The highest BCUT2D eigenvalue weighted by Crippen LogP contribution is 1.88. The third-order valence-electron chi connectivity index (χ3n) is 1.36. The van der Waals surface area contributed by atoms with Crippen LogP contribution in [0.5, 0.6) is 0 Å². The summed E-state index contributed by atoms with van der Waals surface area (Å²) in [5.74, 6) is 0. The van der Waals surface area contributed by atoms with Gasteiger partial charge in [0.15, 0.2) is 0 Å². The van der Waals surface area contributed by atoms with Gasteiger partial charge in [-0.1, -0.05) is 0 Å². The van der Waals surface area contributed by atoms with E-state index in [0.29, 0.717) is 12.6 Å². The maximum Gasteiger partial charge on any atom is 0.0556 e. The fourth-order valence-electron chi connectivity index (χ4n) is 0.708. The molecule has 3 heteroatoms. The zero-order chi connectivity index (χ0) is 7.82. The molecule has 10 heavy (non-hydrogen) atoms. The van der Waals surface area contributed by atoms with Gasteiger partial charge in [0.1, 0.15) is 0 Å². The largest absolute Gasteiger partial charge is 0.395 e. The van der Waals surface area contributed by atoms with E-state index in [1.165, 1.54) is 0 Å². The fourth-order valence-corrected chi connectivity index (χ4v) is 0.708. The average Bonchev–Trinajstić information content (AvgIpc) is 1.97. The van der Waals surface area contributed by atoms with E-state index in [2.05, 4.69) is 12.2 Å². The van der Waals surface area contributed by atoms with Crippen molar-refractivity contribution in [2.75, 3.05) is 26.9 Å². The van der Waals surface area contributed by atoms with Gasteiger partial charge >= 0.3 is 0 Å². The third kappa shape index (κ3) is 6.01. The van der Waals surface area contributed by atoms with Crippen LogP contribution in [0.4, 0.5) is 0 Å². The number of rotatable bonds is 6. The van der Waals surface area contributed by atoms with Crippen LogP contribution in [0.15, 0.2) is 0 Å². The van der Waals surface area contributed by atoms with Gasteiger partial charge < -0.3 is 15.2 Å². The molecule has 0 aromatic carbocycles. The van der Waals surface area contributed by atoms with Gasteiger partial charge in [-0.25, -0.2) is 0 Å².